The normalized spacial score (nSPS) is 10.5. The molecule has 0 atom stereocenters. The number of rotatable bonds is 4. The highest BCUT2D eigenvalue weighted by molar-refractivity contribution is 6.30. The molecule has 3 rings (SSSR count). The molecule has 0 bridgehead atoms. The van der Waals surface area contributed by atoms with Gasteiger partial charge in [-0.3, -0.25) is 4.79 Å². The molecule has 0 aliphatic rings. The molecular formula is C17H15ClN4O. The summed E-state index contributed by atoms with van der Waals surface area (Å²) in [6.45, 7) is 1.98. The van der Waals surface area contributed by atoms with Crippen LogP contribution in [-0.4, -0.2) is 20.7 Å². The third kappa shape index (κ3) is 3.24. The first-order valence-corrected chi connectivity index (χ1v) is 7.62. The highest BCUT2D eigenvalue weighted by Crippen LogP contribution is 2.18. The summed E-state index contributed by atoms with van der Waals surface area (Å²) in [6.07, 6.45) is 3.93. The zero-order valence-electron chi connectivity index (χ0n) is 12.5. The molecule has 0 unspecified atom stereocenters. The molecular weight excluding hydrogens is 312 g/mol. The third-order valence-corrected chi connectivity index (χ3v) is 3.67. The summed E-state index contributed by atoms with van der Waals surface area (Å²) < 4.78 is 1.69. The van der Waals surface area contributed by atoms with E-state index >= 15 is 0 Å². The minimum atomic E-state index is -0.202. The number of nitrogens with one attached hydrogen (secondary N) is 1. The van der Waals surface area contributed by atoms with Crippen molar-refractivity contribution in [1.29, 1.82) is 0 Å². The second kappa shape index (κ2) is 6.62. The molecule has 3 aromatic rings. The van der Waals surface area contributed by atoms with Crippen LogP contribution in [-0.2, 0) is 6.42 Å². The van der Waals surface area contributed by atoms with E-state index < -0.39 is 0 Å². The molecule has 1 aromatic carbocycles. The van der Waals surface area contributed by atoms with Gasteiger partial charge in [0.05, 0.1) is 17.5 Å². The maximum atomic E-state index is 12.5. The molecule has 1 amide bonds. The predicted octanol–water partition coefficient (Wildman–Crippen LogP) is 3.74. The maximum absolute atomic E-state index is 12.5. The largest absolute Gasteiger partial charge is 0.322 e. The van der Waals surface area contributed by atoms with E-state index in [-0.39, 0.29) is 5.91 Å². The van der Waals surface area contributed by atoms with Gasteiger partial charge in [-0.2, -0.15) is 5.10 Å². The van der Waals surface area contributed by atoms with Gasteiger partial charge < -0.3 is 5.32 Å². The number of carbonyl (C=O) groups excluding carboxylic acids is 1. The molecule has 0 spiro atoms. The van der Waals surface area contributed by atoms with Crippen LogP contribution in [0.5, 0.6) is 0 Å². The van der Waals surface area contributed by atoms with Crippen LogP contribution in [0.15, 0.2) is 54.9 Å². The molecule has 0 radical (unpaired) electrons. The quantitative estimate of drug-likeness (QED) is 0.794. The summed E-state index contributed by atoms with van der Waals surface area (Å²) in [4.78, 5) is 16.8. The van der Waals surface area contributed by atoms with Crippen molar-refractivity contribution in [2.24, 2.45) is 0 Å². The van der Waals surface area contributed by atoms with Gasteiger partial charge in [0.25, 0.3) is 5.91 Å². The van der Waals surface area contributed by atoms with E-state index in [2.05, 4.69) is 15.4 Å². The number of halogens is 1. The summed E-state index contributed by atoms with van der Waals surface area (Å²) >= 11 is 5.85. The van der Waals surface area contributed by atoms with Crippen LogP contribution in [0.4, 0.5) is 5.69 Å². The van der Waals surface area contributed by atoms with Crippen LogP contribution in [0.3, 0.4) is 0 Å². The zero-order valence-corrected chi connectivity index (χ0v) is 13.3. The number of aromatic nitrogens is 3. The first kappa shape index (κ1) is 15.2. The lowest BCUT2D eigenvalue weighted by Gasteiger charge is -2.08. The second-order valence-corrected chi connectivity index (χ2v) is 5.36. The van der Waals surface area contributed by atoms with Gasteiger partial charge in [-0.1, -0.05) is 24.6 Å². The highest BCUT2D eigenvalue weighted by Gasteiger charge is 2.17. The Labute approximate surface area is 138 Å². The summed E-state index contributed by atoms with van der Waals surface area (Å²) in [5.74, 6) is 0.487. The minimum absolute atomic E-state index is 0.202. The molecule has 6 heteroatoms. The van der Waals surface area contributed by atoms with E-state index in [0.29, 0.717) is 28.5 Å². The third-order valence-electron chi connectivity index (χ3n) is 3.42. The van der Waals surface area contributed by atoms with Crippen molar-refractivity contribution in [2.75, 3.05) is 5.32 Å². The fourth-order valence-corrected chi connectivity index (χ4v) is 2.44. The number of hydrogen-bond acceptors (Lipinski definition) is 3. The SMILES string of the molecule is CCc1c(C(=O)Nc2ccc(Cl)cc2)cnn1-c1ccccn1. The average molecular weight is 327 g/mol. The Bertz CT molecular complexity index is 812. The van der Waals surface area contributed by atoms with Crippen molar-refractivity contribution in [3.63, 3.8) is 0 Å². The minimum Gasteiger partial charge on any atom is -0.322 e. The Hall–Kier alpha value is -2.66. The van der Waals surface area contributed by atoms with Crippen LogP contribution in [0.1, 0.15) is 23.0 Å². The smallest absolute Gasteiger partial charge is 0.259 e. The van der Waals surface area contributed by atoms with E-state index in [1.807, 2.05) is 25.1 Å². The van der Waals surface area contributed by atoms with Crippen molar-refractivity contribution in [3.8, 4) is 5.82 Å². The molecule has 23 heavy (non-hydrogen) atoms. The van der Waals surface area contributed by atoms with Crippen LogP contribution in [0.2, 0.25) is 5.02 Å². The van der Waals surface area contributed by atoms with Crippen molar-refractivity contribution in [3.05, 3.63) is 71.1 Å². The Morgan fingerprint density at radius 1 is 1.22 bits per heavy atom. The summed E-state index contributed by atoms with van der Waals surface area (Å²) in [6, 6.07) is 12.6. The molecule has 2 aromatic heterocycles. The number of hydrogen-bond donors (Lipinski definition) is 1. The van der Waals surface area contributed by atoms with E-state index in [1.54, 1.807) is 41.3 Å². The number of amides is 1. The van der Waals surface area contributed by atoms with Gasteiger partial charge in [-0.05, 0) is 42.8 Å². The first-order chi connectivity index (χ1) is 11.2. The van der Waals surface area contributed by atoms with E-state index in [0.717, 1.165) is 5.69 Å². The van der Waals surface area contributed by atoms with Gasteiger partial charge in [0, 0.05) is 16.9 Å². The number of nitrogens with zero attached hydrogens (tertiary/aromatic N) is 3. The molecule has 0 saturated carbocycles. The van der Waals surface area contributed by atoms with E-state index in [1.165, 1.54) is 0 Å². The lowest BCUT2D eigenvalue weighted by molar-refractivity contribution is 0.102. The lowest BCUT2D eigenvalue weighted by Crippen LogP contribution is -2.14. The molecule has 2 heterocycles. The number of anilines is 1. The van der Waals surface area contributed by atoms with Crippen LogP contribution in [0, 0.1) is 0 Å². The second-order valence-electron chi connectivity index (χ2n) is 4.92. The monoisotopic (exact) mass is 326 g/mol. The van der Waals surface area contributed by atoms with Gasteiger partial charge in [-0.15, -0.1) is 0 Å². The van der Waals surface area contributed by atoms with E-state index in [4.69, 9.17) is 11.6 Å². The standard InChI is InChI=1S/C17H15ClN4O/c1-2-15-14(11-20-22(15)16-5-3-4-10-19-16)17(23)21-13-8-6-12(18)7-9-13/h3-11H,2H2,1H3,(H,21,23). The van der Waals surface area contributed by atoms with Crippen molar-refractivity contribution in [1.82, 2.24) is 14.8 Å². The molecule has 0 fully saturated rings. The van der Waals surface area contributed by atoms with Crippen LogP contribution >= 0.6 is 11.6 Å². The molecule has 1 N–H and O–H groups in total. The van der Waals surface area contributed by atoms with Crippen molar-refractivity contribution in [2.45, 2.75) is 13.3 Å². The number of pyridine rings is 1. The maximum Gasteiger partial charge on any atom is 0.259 e. The van der Waals surface area contributed by atoms with Crippen LogP contribution < -0.4 is 5.32 Å². The van der Waals surface area contributed by atoms with Gasteiger partial charge in [0.1, 0.15) is 0 Å². The lowest BCUT2D eigenvalue weighted by atomic mass is 10.2. The Morgan fingerprint density at radius 3 is 2.65 bits per heavy atom. The molecule has 0 aliphatic heterocycles. The Balaban J connectivity index is 1.89. The fraction of sp³-hybridized carbons (Fsp3) is 0.118. The van der Waals surface area contributed by atoms with Gasteiger partial charge in [0.2, 0.25) is 0 Å². The topological polar surface area (TPSA) is 59.8 Å². The van der Waals surface area contributed by atoms with Gasteiger partial charge >= 0.3 is 0 Å². The molecule has 5 nitrogen and oxygen atoms in total. The van der Waals surface area contributed by atoms with Crippen molar-refractivity contribution < 1.29 is 4.79 Å². The Morgan fingerprint density at radius 2 is 2.00 bits per heavy atom. The molecule has 0 saturated heterocycles. The number of benzene rings is 1. The van der Waals surface area contributed by atoms with Crippen molar-refractivity contribution >= 4 is 23.2 Å². The highest BCUT2D eigenvalue weighted by atomic mass is 35.5. The van der Waals surface area contributed by atoms with Gasteiger partial charge in [0.15, 0.2) is 5.82 Å². The fourth-order valence-electron chi connectivity index (χ4n) is 2.31. The number of carbonyl (C=O) groups is 1. The van der Waals surface area contributed by atoms with Gasteiger partial charge in [-0.25, -0.2) is 9.67 Å². The molecule has 116 valence electrons. The predicted molar refractivity (Wildman–Crippen MR) is 90.1 cm³/mol. The van der Waals surface area contributed by atoms with Crippen LogP contribution in [0.25, 0.3) is 5.82 Å². The summed E-state index contributed by atoms with van der Waals surface area (Å²) in [5.41, 5.74) is 2.04. The van der Waals surface area contributed by atoms with E-state index in [9.17, 15) is 4.79 Å². The average Bonchev–Trinajstić information content (AvgIpc) is 3.02. The molecule has 0 aliphatic carbocycles. The summed E-state index contributed by atoms with van der Waals surface area (Å²) in [7, 11) is 0. The zero-order chi connectivity index (χ0) is 16.2. The summed E-state index contributed by atoms with van der Waals surface area (Å²) in [5, 5.41) is 7.79. The first-order valence-electron chi connectivity index (χ1n) is 7.24. The Kier molecular flexibility index (Phi) is 4.39.